The van der Waals surface area contributed by atoms with E-state index >= 15 is 0 Å². The molecule has 3 heterocycles. The Balaban J connectivity index is 1.42. The maximum absolute atomic E-state index is 13.1. The average molecular weight is 546 g/mol. The maximum atomic E-state index is 13.1. The number of fused-ring (bicyclic) bond motifs is 1. The first-order valence-corrected chi connectivity index (χ1v) is 12.3. The minimum absolute atomic E-state index is 0.220. The molecule has 1 amide bonds. The van der Waals surface area contributed by atoms with Crippen LogP contribution in [0.3, 0.4) is 0 Å². The Morgan fingerprint density at radius 2 is 2.00 bits per heavy atom. The number of methoxy groups -OCH3 is 1. The Morgan fingerprint density at radius 1 is 1.11 bits per heavy atom. The smallest absolute Gasteiger partial charge is 0.258 e. The number of halogens is 1. The number of benzene rings is 2. The summed E-state index contributed by atoms with van der Waals surface area (Å²) in [5.74, 6) is 1.11. The molecular formula is C27H24BrN5O3. The molecule has 0 spiro atoms. The number of ether oxygens (including phenoxy) is 2. The number of nitrogens with zero attached hydrogens (tertiary/aromatic N) is 4. The van der Waals surface area contributed by atoms with E-state index < -0.39 is 0 Å². The quantitative estimate of drug-likeness (QED) is 0.338. The Hall–Kier alpha value is -3.98. The number of carbonyl (C=O) groups is 1. The molecule has 5 rings (SSSR count). The van der Waals surface area contributed by atoms with Gasteiger partial charge in [0.1, 0.15) is 17.9 Å². The van der Waals surface area contributed by atoms with E-state index in [-0.39, 0.29) is 24.0 Å². The lowest BCUT2D eigenvalue weighted by Gasteiger charge is -2.19. The largest absolute Gasteiger partial charge is 0.497 e. The fraction of sp³-hybridized carbons (Fsp3) is 0.185. The molecule has 0 unspecified atom stereocenters. The molecule has 0 radical (unpaired) electrons. The summed E-state index contributed by atoms with van der Waals surface area (Å²) in [6.07, 6.45) is 5.81. The first-order valence-electron chi connectivity index (χ1n) is 11.5. The third kappa shape index (κ3) is 5.31. The second-order valence-electron chi connectivity index (χ2n) is 8.25. The Morgan fingerprint density at radius 3 is 2.83 bits per heavy atom. The van der Waals surface area contributed by atoms with Crippen LogP contribution in [0, 0.1) is 0 Å². The lowest BCUT2D eigenvalue weighted by molar-refractivity contribution is 0.0945. The minimum atomic E-state index is -0.322. The van der Waals surface area contributed by atoms with Crippen molar-refractivity contribution in [3.8, 4) is 11.6 Å². The minimum Gasteiger partial charge on any atom is -0.497 e. The topological polar surface area (TPSA) is 89.5 Å². The van der Waals surface area contributed by atoms with Crippen molar-refractivity contribution in [1.82, 2.24) is 20.3 Å². The van der Waals surface area contributed by atoms with E-state index in [0.29, 0.717) is 12.5 Å². The molecule has 0 bridgehead atoms. The molecule has 1 N–H and O–H groups in total. The average Bonchev–Trinajstić information content (AvgIpc) is 3.34. The molecule has 1 aliphatic rings. The van der Waals surface area contributed by atoms with Crippen LogP contribution in [-0.4, -0.2) is 34.5 Å². The van der Waals surface area contributed by atoms with Gasteiger partial charge in [0.15, 0.2) is 0 Å². The summed E-state index contributed by atoms with van der Waals surface area (Å²) >= 11 is 3.54. The molecule has 0 saturated carbocycles. The second-order valence-corrected chi connectivity index (χ2v) is 9.16. The molecule has 2 aromatic carbocycles. The normalized spacial score (nSPS) is 12.2. The van der Waals surface area contributed by atoms with Gasteiger partial charge in [-0.3, -0.25) is 9.78 Å². The maximum Gasteiger partial charge on any atom is 0.258 e. The van der Waals surface area contributed by atoms with Crippen LogP contribution >= 0.6 is 15.9 Å². The van der Waals surface area contributed by atoms with Gasteiger partial charge in [-0.15, -0.1) is 0 Å². The zero-order valence-corrected chi connectivity index (χ0v) is 21.2. The predicted octanol–water partition coefficient (Wildman–Crippen LogP) is 4.85. The number of amides is 1. The number of carbonyl (C=O) groups excluding carboxylic acids is 1. The molecular weight excluding hydrogens is 522 g/mol. The van der Waals surface area contributed by atoms with Crippen molar-refractivity contribution in [2.75, 3.05) is 18.6 Å². The van der Waals surface area contributed by atoms with Crippen molar-refractivity contribution < 1.29 is 14.3 Å². The highest BCUT2D eigenvalue weighted by molar-refractivity contribution is 9.10. The van der Waals surface area contributed by atoms with Crippen LogP contribution < -0.4 is 19.7 Å². The molecule has 0 atom stereocenters. The van der Waals surface area contributed by atoms with Gasteiger partial charge in [-0.05, 0) is 59.5 Å². The third-order valence-electron chi connectivity index (χ3n) is 5.85. The van der Waals surface area contributed by atoms with Crippen molar-refractivity contribution in [3.05, 3.63) is 99.9 Å². The lowest BCUT2D eigenvalue weighted by Crippen LogP contribution is -2.25. The van der Waals surface area contributed by atoms with E-state index in [1.165, 1.54) is 11.8 Å². The van der Waals surface area contributed by atoms with E-state index in [9.17, 15) is 4.79 Å². The van der Waals surface area contributed by atoms with Gasteiger partial charge in [0.05, 0.1) is 7.11 Å². The molecule has 0 saturated heterocycles. The van der Waals surface area contributed by atoms with Crippen LogP contribution in [0.2, 0.25) is 0 Å². The number of aromatic nitrogens is 3. The highest BCUT2D eigenvalue weighted by Crippen LogP contribution is 2.35. The molecule has 0 fully saturated rings. The van der Waals surface area contributed by atoms with E-state index in [4.69, 9.17) is 9.47 Å². The van der Waals surface area contributed by atoms with Crippen LogP contribution in [-0.2, 0) is 19.6 Å². The van der Waals surface area contributed by atoms with Gasteiger partial charge in [-0.25, -0.2) is 4.98 Å². The van der Waals surface area contributed by atoms with Crippen LogP contribution in [0.25, 0.3) is 0 Å². The lowest BCUT2D eigenvalue weighted by atomic mass is 10.2. The SMILES string of the molecule is COc1cccc(COc2nc(N3CCc4cc(Br)ccc43)ncc2C(=O)NCc2cccnc2)c1. The highest BCUT2D eigenvalue weighted by atomic mass is 79.9. The number of hydrogen-bond acceptors (Lipinski definition) is 7. The van der Waals surface area contributed by atoms with Crippen molar-refractivity contribution in [3.63, 3.8) is 0 Å². The zero-order chi connectivity index (χ0) is 24.9. The van der Waals surface area contributed by atoms with Crippen molar-refractivity contribution in [2.24, 2.45) is 0 Å². The van der Waals surface area contributed by atoms with Gasteiger partial charge in [0, 0.05) is 41.8 Å². The third-order valence-corrected chi connectivity index (χ3v) is 6.34. The summed E-state index contributed by atoms with van der Waals surface area (Å²) < 4.78 is 12.4. The summed E-state index contributed by atoms with van der Waals surface area (Å²) in [4.78, 5) is 28.4. The van der Waals surface area contributed by atoms with Gasteiger partial charge >= 0.3 is 0 Å². The highest BCUT2D eigenvalue weighted by Gasteiger charge is 2.25. The number of anilines is 2. The second kappa shape index (κ2) is 10.7. The van der Waals surface area contributed by atoms with Crippen LogP contribution in [0.4, 0.5) is 11.6 Å². The van der Waals surface area contributed by atoms with Crippen molar-refractivity contribution in [1.29, 1.82) is 0 Å². The summed E-state index contributed by atoms with van der Waals surface area (Å²) in [5.41, 5.74) is 4.31. The van der Waals surface area contributed by atoms with Gasteiger partial charge < -0.3 is 19.7 Å². The Labute approximate surface area is 217 Å². The Kier molecular flexibility index (Phi) is 7.08. The van der Waals surface area contributed by atoms with Gasteiger partial charge in [-0.1, -0.05) is 34.1 Å². The Bertz CT molecular complexity index is 1380. The fourth-order valence-electron chi connectivity index (χ4n) is 4.03. The fourth-order valence-corrected chi connectivity index (χ4v) is 4.43. The number of rotatable bonds is 8. The van der Waals surface area contributed by atoms with E-state index in [0.717, 1.165) is 40.0 Å². The molecule has 0 aliphatic carbocycles. The molecule has 182 valence electrons. The van der Waals surface area contributed by atoms with Crippen LogP contribution in [0.1, 0.15) is 27.0 Å². The van der Waals surface area contributed by atoms with Crippen molar-refractivity contribution >= 4 is 33.5 Å². The van der Waals surface area contributed by atoms with Gasteiger partial charge in [-0.2, -0.15) is 4.98 Å². The van der Waals surface area contributed by atoms with Crippen LogP contribution in [0.15, 0.2) is 77.7 Å². The monoisotopic (exact) mass is 545 g/mol. The summed E-state index contributed by atoms with van der Waals surface area (Å²) in [7, 11) is 1.62. The van der Waals surface area contributed by atoms with Crippen molar-refractivity contribution in [2.45, 2.75) is 19.6 Å². The van der Waals surface area contributed by atoms with Gasteiger partial charge in [0.25, 0.3) is 5.91 Å². The zero-order valence-electron chi connectivity index (χ0n) is 19.6. The van der Waals surface area contributed by atoms with Gasteiger partial charge in [0.2, 0.25) is 11.8 Å². The summed E-state index contributed by atoms with van der Waals surface area (Å²) in [5, 5.41) is 2.91. The summed E-state index contributed by atoms with van der Waals surface area (Å²) in [6, 6.07) is 17.5. The first kappa shape index (κ1) is 23.7. The summed E-state index contributed by atoms with van der Waals surface area (Å²) in [6.45, 7) is 1.30. The van der Waals surface area contributed by atoms with Crippen LogP contribution in [0.5, 0.6) is 11.6 Å². The van der Waals surface area contributed by atoms with E-state index in [2.05, 4.69) is 42.3 Å². The number of pyridine rings is 1. The molecule has 2 aromatic heterocycles. The van der Waals surface area contributed by atoms with E-state index in [1.807, 2.05) is 53.4 Å². The predicted molar refractivity (Wildman–Crippen MR) is 140 cm³/mol. The molecule has 36 heavy (non-hydrogen) atoms. The number of nitrogens with one attached hydrogen (secondary N) is 1. The molecule has 4 aromatic rings. The first-order chi connectivity index (χ1) is 17.6. The number of hydrogen-bond donors (Lipinski definition) is 1. The standard InChI is InChI=1S/C27H24BrN5O3/c1-35-22-6-2-4-18(12-22)17-36-26-23(25(34)30-15-19-5-3-10-29-14-19)16-31-27(32-26)33-11-9-20-13-21(28)7-8-24(20)33/h2-8,10,12-14,16H,9,11,15,17H2,1H3,(H,30,34). The molecule has 8 nitrogen and oxygen atoms in total. The van der Waals surface area contributed by atoms with E-state index in [1.54, 1.807) is 19.5 Å². The molecule has 9 heteroatoms. The molecule has 1 aliphatic heterocycles.